The van der Waals surface area contributed by atoms with E-state index in [9.17, 15) is 19.1 Å². The lowest BCUT2D eigenvalue weighted by Crippen LogP contribution is -2.44. The number of pyridine rings is 1. The highest BCUT2D eigenvalue weighted by atomic mass is 19.1. The fourth-order valence-electron chi connectivity index (χ4n) is 4.08. The Morgan fingerprint density at radius 1 is 1.14 bits per heavy atom. The first-order valence-electron chi connectivity index (χ1n) is 9.38. The number of halogens is 1. The highest BCUT2D eigenvalue weighted by molar-refractivity contribution is 5.97. The molecule has 0 unspecified atom stereocenters. The van der Waals surface area contributed by atoms with E-state index in [-0.39, 0.29) is 17.9 Å². The van der Waals surface area contributed by atoms with Gasteiger partial charge in [0.25, 0.3) is 0 Å². The zero-order valence-electron chi connectivity index (χ0n) is 15.4. The summed E-state index contributed by atoms with van der Waals surface area (Å²) in [5.41, 5.74) is 1.16. The van der Waals surface area contributed by atoms with E-state index in [2.05, 4.69) is 5.32 Å². The summed E-state index contributed by atoms with van der Waals surface area (Å²) >= 11 is 0. The number of hydrogen-bond donors (Lipinski definition) is 2. The number of benzene rings is 2. The van der Waals surface area contributed by atoms with Crippen molar-refractivity contribution in [3.05, 3.63) is 63.6 Å². The molecule has 7 nitrogen and oxygen atoms in total. The van der Waals surface area contributed by atoms with Crippen LogP contribution in [-0.2, 0) is 6.61 Å². The predicted octanol–water partition coefficient (Wildman–Crippen LogP) is 2.13. The average Bonchev–Trinajstić information content (AvgIpc) is 2.73. The van der Waals surface area contributed by atoms with Crippen molar-refractivity contribution in [2.24, 2.45) is 0 Å². The molecule has 3 aromatic rings. The van der Waals surface area contributed by atoms with Crippen molar-refractivity contribution in [3.8, 4) is 11.6 Å². The van der Waals surface area contributed by atoms with E-state index in [0.717, 1.165) is 30.4 Å². The van der Waals surface area contributed by atoms with Crippen LogP contribution in [0.25, 0.3) is 16.6 Å². The Hall–Kier alpha value is -3.39. The third-order valence-corrected chi connectivity index (χ3v) is 5.46. The van der Waals surface area contributed by atoms with Crippen molar-refractivity contribution in [3.63, 3.8) is 0 Å². The van der Waals surface area contributed by atoms with Crippen molar-refractivity contribution in [2.45, 2.75) is 6.61 Å². The molecular formula is C21H18FN3O4. The number of para-hydroxylation sites is 1. The lowest BCUT2D eigenvalue weighted by atomic mass is 10.1. The molecule has 3 heterocycles. The quantitative estimate of drug-likeness (QED) is 0.692. The van der Waals surface area contributed by atoms with Gasteiger partial charge in [-0.2, -0.15) is 0 Å². The summed E-state index contributed by atoms with van der Waals surface area (Å²) in [6.45, 7) is 2.91. The van der Waals surface area contributed by atoms with Crippen molar-refractivity contribution in [1.82, 2.24) is 9.88 Å². The Balaban J connectivity index is 1.88. The predicted molar refractivity (Wildman–Crippen MR) is 106 cm³/mol. The average molecular weight is 395 g/mol. The summed E-state index contributed by atoms with van der Waals surface area (Å²) in [5.74, 6) is -1.96. The van der Waals surface area contributed by atoms with Gasteiger partial charge in [-0.3, -0.25) is 9.36 Å². The number of aromatic nitrogens is 1. The molecule has 2 aliphatic heterocycles. The minimum atomic E-state index is -1.40. The second-order valence-corrected chi connectivity index (χ2v) is 7.13. The fourth-order valence-corrected chi connectivity index (χ4v) is 4.08. The molecule has 0 saturated carbocycles. The summed E-state index contributed by atoms with van der Waals surface area (Å²) in [7, 11) is 0. The van der Waals surface area contributed by atoms with E-state index in [1.165, 1.54) is 0 Å². The van der Waals surface area contributed by atoms with E-state index in [1.807, 2.05) is 29.2 Å². The van der Waals surface area contributed by atoms with Crippen molar-refractivity contribution < 1.29 is 19.0 Å². The number of carboxylic acids is 1. The third kappa shape index (κ3) is 2.67. The molecule has 8 heteroatoms. The topological polar surface area (TPSA) is 83.8 Å². The smallest absolute Gasteiger partial charge is 0.345 e. The number of aromatic carboxylic acids is 1. The van der Waals surface area contributed by atoms with Gasteiger partial charge in [-0.05, 0) is 18.2 Å². The lowest BCUT2D eigenvalue weighted by molar-refractivity contribution is 0.0688. The number of rotatable bonds is 2. The van der Waals surface area contributed by atoms with Crippen molar-refractivity contribution >= 4 is 22.6 Å². The van der Waals surface area contributed by atoms with Gasteiger partial charge >= 0.3 is 5.97 Å². The second-order valence-electron chi connectivity index (χ2n) is 7.13. The van der Waals surface area contributed by atoms with Gasteiger partial charge in [0.2, 0.25) is 11.3 Å². The largest absolute Gasteiger partial charge is 0.477 e. The van der Waals surface area contributed by atoms with Crippen LogP contribution in [-0.4, -0.2) is 41.8 Å². The molecule has 0 amide bonds. The number of ether oxygens (including phenoxy) is 1. The molecule has 0 radical (unpaired) electrons. The fraction of sp³-hybridized carbons (Fsp3) is 0.238. The third-order valence-electron chi connectivity index (χ3n) is 5.46. The summed E-state index contributed by atoms with van der Waals surface area (Å²) in [5, 5.41) is 12.9. The van der Waals surface area contributed by atoms with Crippen LogP contribution in [0.4, 0.5) is 10.1 Å². The molecule has 1 fully saturated rings. The van der Waals surface area contributed by atoms with Crippen LogP contribution in [0.5, 0.6) is 5.88 Å². The Kier molecular flexibility index (Phi) is 4.02. The molecule has 29 heavy (non-hydrogen) atoms. The first kappa shape index (κ1) is 17.7. The highest BCUT2D eigenvalue weighted by Crippen LogP contribution is 2.36. The zero-order valence-corrected chi connectivity index (χ0v) is 15.4. The van der Waals surface area contributed by atoms with Gasteiger partial charge < -0.3 is 20.1 Å². The minimum absolute atomic E-state index is 0.0165. The number of piperazine rings is 1. The van der Waals surface area contributed by atoms with Crippen LogP contribution < -0.4 is 20.4 Å². The number of anilines is 1. The minimum Gasteiger partial charge on any atom is -0.477 e. The SMILES string of the molecule is O=C(O)c1c2n(c3cc(N4CCNCC4)c(F)cc3c1=O)-c1ccccc1CO2. The monoisotopic (exact) mass is 395 g/mol. The summed E-state index contributed by atoms with van der Waals surface area (Å²) in [4.78, 5) is 26.7. The first-order valence-corrected chi connectivity index (χ1v) is 9.38. The molecular weight excluding hydrogens is 377 g/mol. The normalized spacial score (nSPS) is 15.6. The van der Waals surface area contributed by atoms with Gasteiger partial charge in [0.1, 0.15) is 12.4 Å². The molecule has 2 N–H and O–H groups in total. The standard InChI is InChI=1S/C21H18FN3O4/c22-14-9-13-16(10-17(14)24-7-5-23-6-8-24)25-15-4-2-1-3-12(15)11-29-20(25)18(19(13)26)21(27)28/h1-4,9-10,23H,5-8,11H2,(H,27,28). The molecule has 0 aliphatic carbocycles. The van der Waals surface area contributed by atoms with Gasteiger partial charge in [0.05, 0.1) is 22.3 Å². The molecule has 148 valence electrons. The molecule has 1 saturated heterocycles. The van der Waals surface area contributed by atoms with Crippen molar-refractivity contribution in [1.29, 1.82) is 0 Å². The zero-order chi connectivity index (χ0) is 20.1. The summed E-state index contributed by atoms with van der Waals surface area (Å²) in [6, 6.07) is 10.2. The summed E-state index contributed by atoms with van der Waals surface area (Å²) < 4.78 is 22.3. The van der Waals surface area contributed by atoms with Crippen LogP contribution in [0, 0.1) is 5.82 Å². The molecule has 2 aromatic carbocycles. The van der Waals surface area contributed by atoms with E-state index < -0.39 is 22.8 Å². The van der Waals surface area contributed by atoms with Gasteiger partial charge in [0, 0.05) is 31.7 Å². The maximum absolute atomic E-state index is 15.0. The maximum atomic E-state index is 15.0. The molecule has 0 spiro atoms. The number of nitrogens with one attached hydrogen (secondary N) is 1. The number of hydrogen-bond acceptors (Lipinski definition) is 5. The molecule has 1 aromatic heterocycles. The Bertz CT molecular complexity index is 1210. The van der Waals surface area contributed by atoms with E-state index in [0.29, 0.717) is 24.3 Å². The highest BCUT2D eigenvalue weighted by Gasteiger charge is 2.29. The van der Waals surface area contributed by atoms with E-state index in [4.69, 9.17) is 4.74 Å². The number of nitrogens with zero attached hydrogens (tertiary/aromatic N) is 2. The maximum Gasteiger partial charge on any atom is 0.345 e. The van der Waals surface area contributed by atoms with E-state index >= 15 is 0 Å². The Morgan fingerprint density at radius 2 is 1.90 bits per heavy atom. The number of carboxylic acid groups (broad SMARTS) is 1. The molecule has 5 rings (SSSR count). The van der Waals surface area contributed by atoms with Crippen molar-refractivity contribution in [2.75, 3.05) is 31.1 Å². The van der Waals surface area contributed by atoms with Gasteiger partial charge in [0.15, 0.2) is 5.56 Å². The molecule has 2 aliphatic rings. The van der Waals surface area contributed by atoms with Crippen LogP contribution in [0.2, 0.25) is 0 Å². The lowest BCUT2D eigenvalue weighted by Gasteiger charge is -2.31. The first-order chi connectivity index (χ1) is 14.1. The number of carbonyl (C=O) groups is 1. The Labute approximate surface area is 164 Å². The van der Waals surface area contributed by atoms with Crippen LogP contribution in [0.1, 0.15) is 15.9 Å². The summed E-state index contributed by atoms with van der Waals surface area (Å²) in [6.07, 6.45) is 0. The Morgan fingerprint density at radius 3 is 2.66 bits per heavy atom. The van der Waals surface area contributed by atoms with Gasteiger partial charge in [-0.15, -0.1) is 0 Å². The molecule has 0 atom stereocenters. The van der Waals surface area contributed by atoms with Gasteiger partial charge in [-0.1, -0.05) is 18.2 Å². The van der Waals surface area contributed by atoms with Gasteiger partial charge in [-0.25, -0.2) is 9.18 Å². The number of fused-ring (bicyclic) bond motifs is 5. The van der Waals surface area contributed by atoms with Crippen LogP contribution in [0.15, 0.2) is 41.2 Å². The molecule has 0 bridgehead atoms. The van der Waals surface area contributed by atoms with Crippen LogP contribution in [0.3, 0.4) is 0 Å². The van der Waals surface area contributed by atoms with E-state index in [1.54, 1.807) is 10.6 Å². The van der Waals surface area contributed by atoms with Crippen LogP contribution >= 0.6 is 0 Å². The second kappa shape index (κ2) is 6.59.